The Labute approximate surface area is 101 Å². The van der Waals surface area contributed by atoms with E-state index in [4.69, 9.17) is 5.11 Å². The topological polar surface area (TPSA) is 69.6 Å². The van der Waals surface area contributed by atoms with Crippen molar-refractivity contribution in [2.75, 3.05) is 13.1 Å². The van der Waals surface area contributed by atoms with Crippen LogP contribution >= 0.6 is 0 Å². The summed E-state index contributed by atoms with van der Waals surface area (Å²) >= 11 is 0. The maximum absolute atomic E-state index is 11.8. The van der Waals surface area contributed by atoms with Gasteiger partial charge in [0.1, 0.15) is 0 Å². The lowest BCUT2D eigenvalue weighted by molar-refractivity contribution is -0.143. The molecule has 1 rings (SSSR count). The van der Waals surface area contributed by atoms with E-state index < -0.39 is 11.4 Å². The molecule has 0 radical (unpaired) electrons. The first-order valence-corrected chi connectivity index (χ1v) is 5.82. The summed E-state index contributed by atoms with van der Waals surface area (Å²) in [6.07, 6.45) is 2.95. The molecule has 0 aromatic rings. The molecule has 0 spiro atoms. The highest BCUT2D eigenvalue weighted by molar-refractivity contribution is 5.80. The van der Waals surface area contributed by atoms with Crippen molar-refractivity contribution in [2.24, 2.45) is 5.41 Å². The Morgan fingerprint density at radius 3 is 2.47 bits per heavy atom. The first kappa shape index (κ1) is 13.5. The van der Waals surface area contributed by atoms with Crippen LogP contribution in [0.2, 0.25) is 0 Å². The number of carbonyl (C=O) groups is 2. The highest BCUT2D eigenvalue weighted by Gasteiger charge is 2.50. The summed E-state index contributed by atoms with van der Waals surface area (Å²) in [7, 11) is 0. The second kappa shape index (κ2) is 5.21. The standard InChI is InChI=1S/C12H20N2O3/c1-4-7-14(9(2)3)11(17)13-8-12(5-6-12)10(15)16/h4,9H,1,5-8H2,2-3H3,(H,13,17)(H,15,16). The summed E-state index contributed by atoms with van der Waals surface area (Å²) in [6.45, 7) is 8.09. The number of carbonyl (C=O) groups excluding carboxylic acids is 1. The third-order valence-corrected chi connectivity index (χ3v) is 3.10. The molecule has 2 amide bonds. The van der Waals surface area contributed by atoms with Gasteiger partial charge in [0.05, 0.1) is 5.41 Å². The van der Waals surface area contributed by atoms with Gasteiger partial charge in [-0.15, -0.1) is 6.58 Å². The first-order valence-electron chi connectivity index (χ1n) is 5.82. The van der Waals surface area contributed by atoms with Gasteiger partial charge in [-0.2, -0.15) is 0 Å². The van der Waals surface area contributed by atoms with Gasteiger partial charge in [-0.25, -0.2) is 4.79 Å². The van der Waals surface area contributed by atoms with Crippen LogP contribution in [0.4, 0.5) is 4.79 Å². The van der Waals surface area contributed by atoms with Crippen molar-refractivity contribution in [2.45, 2.75) is 32.7 Å². The molecule has 5 heteroatoms. The van der Waals surface area contributed by atoms with Crippen LogP contribution in [0, 0.1) is 5.41 Å². The molecule has 0 bridgehead atoms. The molecule has 0 aliphatic heterocycles. The third-order valence-electron chi connectivity index (χ3n) is 3.10. The van der Waals surface area contributed by atoms with E-state index in [2.05, 4.69) is 11.9 Å². The molecule has 0 atom stereocenters. The molecule has 0 unspecified atom stereocenters. The van der Waals surface area contributed by atoms with Crippen molar-refractivity contribution in [3.63, 3.8) is 0 Å². The minimum absolute atomic E-state index is 0.0629. The number of nitrogens with one attached hydrogen (secondary N) is 1. The average molecular weight is 240 g/mol. The zero-order valence-electron chi connectivity index (χ0n) is 10.4. The van der Waals surface area contributed by atoms with E-state index in [0.717, 1.165) is 0 Å². The van der Waals surface area contributed by atoms with Crippen molar-refractivity contribution in [1.29, 1.82) is 0 Å². The largest absolute Gasteiger partial charge is 0.481 e. The fourth-order valence-corrected chi connectivity index (χ4v) is 1.63. The molecular formula is C12H20N2O3. The van der Waals surface area contributed by atoms with E-state index in [0.29, 0.717) is 19.4 Å². The molecule has 1 saturated carbocycles. The van der Waals surface area contributed by atoms with Crippen LogP contribution in [0.3, 0.4) is 0 Å². The number of hydrogen-bond acceptors (Lipinski definition) is 2. The summed E-state index contributed by atoms with van der Waals surface area (Å²) in [5.74, 6) is -0.822. The van der Waals surface area contributed by atoms with Crippen LogP contribution in [-0.2, 0) is 4.79 Å². The average Bonchev–Trinajstić information content (AvgIpc) is 3.03. The quantitative estimate of drug-likeness (QED) is 0.690. The number of urea groups is 1. The Bertz CT molecular complexity index is 322. The van der Waals surface area contributed by atoms with Gasteiger partial charge < -0.3 is 15.3 Å². The van der Waals surface area contributed by atoms with Crippen molar-refractivity contribution in [3.05, 3.63) is 12.7 Å². The normalized spacial score (nSPS) is 16.4. The Morgan fingerprint density at radius 1 is 1.53 bits per heavy atom. The van der Waals surface area contributed by atoms with Crippen LogP contribution in [0.5, 0.6) is 0 Å². The van der Waals surface area contributed by atoms with Gasteiger partial charge in [0.2, 0.25) is 0 Å². The Kier molecular flexibility index (Phi) is 4.15. The van der Waals surface area contributed by atoms with Gasteiger partial charge in [0.25, 0.3) is 0 Å². The number of carboxylic acids is 1. The van der Waals surface area contributed by atoms with Crippen LogP contribution in [0.1, 0.15) is 26.7 Å². The van der Waals surface area contributed by atoms with E-state index >= 15 is 0 Å². The van der Waals surface area contributed by atoms with Crippen molar-refractivity contribution >= 4 is 12.0 Å². The predicted octanol–water partition coefficient (Wildman–Crippen LogP) is 1.46. The smallest absolute Gasteiger partial charge is 0.317 e. The Morgan fingerprint density at radius 2 is 2.12 bits per heavy atom. The fraction of sp³-hybridized carbons (Fsp3) is 0.667. The van der Waals surface area contributed by atoms with Crippen molar-refractivity contribution in [3.8, 4) is 0 Å². The van der Waals surface area contributed by atoms with Gasteiger partial charge in [-0.05, 0) is 26.7 Å². The SMILES string of the molecule is C=CCN(C(=O)NCC1(C(=O)O)CC1)C(C)C. The van der Waals surface area contributed by atoms with E-state index in [1.54, 1.807) is 11.0 Å². The molecule has 1 aliphatic carbocycles. The van der Waals surface area contributed by atoms with Crippen LogP contribution in [0.15, 0.2) is 12.7 Å². The molecule has 1 aliphatic rings. The fourth-order valence-electron chi connectivity index (χ4n) is 1.63. The van der Waals surface area contributed by atoms with Gasteiger partial charge in [0.15, 0.2) is 0 Å². The van der Waals surface area contributed by atoms with Crippen molar-refractivity contribution in [1.82, 2.24) is 10.2 Å². The van der Waals surface area contributed by atoms with Crippen LogP contribution < -0.4 is 5.32 Å². The molecular weight excluding hydrogens is 220 g/mol. The number of hydrogen-bond donors (Lipinski definition) is 2. The molecule has 96 valence electrons. The van der Waals surface area contributed by atoms with Crippen LogP contribution in [0.25, 0.3) is 0 Å². The maximum atomic E-state index is 11.8. The summed E-state index contributed by atoms with van der Waals surface area (Å²) in [5, 5.41) is 11.7. The number of aliphatic carboxylic acids is 1. The summed E-state index contributed by atoms with van der Waals surface area (Å²) in [5.41, 5.74) is -0.716. The second-order valence-electron chi connectivity index (χ2n) is 4.78. The minimum atomic E-state index is -0.822. The molecule has 0 heterocycles. The lowest BCUT2D eigenvalue weighted by atomic mass is 10.1. The van der Waals surface area contributed by atoms with E-state index in [1.165, 1.54) is 0 Å². The number of amides is 2. The molecule has 5 nitrogen and oxygen atoms in total. The Balaban J connectivity index is 2.48. The summed E-state index contributed by atoms with van der Waals surface area (Å²) < 4.78 is 0. The molecule has 1 fully saturated rings. The zero-order valence-corrected chi connectivity index (χ0v) is 10.4. The molecule has 2 N–H and O–H groups in total. The van der Waals surface area contributed by atoms with E-state index in [-0.39, 0.29) is 18.6 Å². The maximum Gasteiger partial charge on any atom is 0.317 e. The lowest BCUT2D eigenvalue weighted by Crippen LogP contribution is -2.46. The highest BCUT2D eigenvalue weighted by atomic mass is 16.4. The molecule has 0 aromatic heterocycles. The van der Waals surface area contributed by atoms with Gasteiger partial charge in [0, 0.05) is 19.1 Å². The number of rotatable bonds is 6. The third kappa shape index (κ3) is 3.22. The Hall–Kier alpha value is -1.52. The number of carboxylic acid groups (broad SMARTS) is 1. The first-order chi connectivity index (χ1) is 7.93. The van der Waals surface area contributed by atoms with E-state index in [1.807, 2.05) is 13.8 Å². The summed E-state index contributed by atoms with van der Waals surface area (Å²) in [6, 6.07) is -0.166. The second-order valence-corrected chi connectivity index (χ2v) is 4.78. The monoisotopic (exact) mass is 240 g/mol. The molecule has 0 aromatic carbocycles. The van der Waals surface area contributed by atoms with Crippen molar-refractivity contribution < 1.29 is 14.7 Å². The number of nitrogens with zero attached hydrogens (tertiary/aromatic N) is 1. The summed E-state index contributed by atoms with van der Waals surface area (Å²) in [4.78, 5) is 24.4. The lowest BCUT2D eigenvalue weighted by Gasteiger charge is -2.26. The molecule has 17 heavy (non-hydrogen) atoms. The van der Waals surface area contributed by atoms with Gasteiger partial charge in [-0.3, -0.25) is 4.79 Å². The predicted molar refractivity (Wildman–Crippen MR) is 64.7 cm³/mol. The van der Waals surface area contributed by atoms with Gasteiger partial charge in [-0.1, -0.05) is 6.08 Å². The highest BCUT2D eigenvalue weighted by Crippen LogP contribution is 2.45. The minimum Gasteiger partial charge on any atom is -0.481 e. The van der Waals surface area contributed by atoms with Crippen LogP contribution in [-0.4, -0.2) is 41.1 Å². The molecule has 0 saturated heterocycles. The van der Waals surface area contributed by atoms with E-state index in [9.17, 15) is 9.59 Å². The van der Waals surface area contributed by atoms with Gasteiger partial charge >= 0.3 is 12.0 Å². The zero-order chi connectivity index (χ0) is 13.1.